The summed E-state index contributed by atoms with van der Waals surface area (Å²) < 4.78 is 37.1. The van der Waals surface area contributed by atoms with E-state index in [1.807, 2.05) is 6.92 Å². The normalized spacial score (nSPS) is 15.5. The Labute approximate surface area is 153 Å². The number of esters is 1. The summed E-state index contributed by atoms with van der Waals surface area (Å²) >= 11 is 0. The van der Waals surface area contributed by atoms with Crippen LogP contribution in [0.15, 0.2) is 23.1 Å². The zero-order valence-corrected chi connectivity index (χ0v) is 15.8. The lowest BCUT2D eigenvalue weighted by atomic mass is 10.2. The van der Waals surface area contributed by atoms with Gasteiger partial charge >= 0.3 is 5.97 Å². The molecule has 1 N–H and O–H groups in total. The maximum Gasteiger partial charge on any atom is 0.306 e. The third-order valence-corrected chi connectivity index (χ3v) is 5.92. The first kappa shape index (κ1) is 20.3. The third kappa shape index (κ3) is 5.26. The van der Waals surface area contributed by atoms with Crippen LogP contribution in [0.1, 0.15) is 25.3 Å². The van der Waals surface area contributed by atoms with Gasteiger partial charge in [-0.1, -0.05) is 13.0 Å². The van der Waals surface area contributed by atoms with Crippen molar-refractivity contribution in [3.8, 4) is 0 Å². The molecule has 144 valence electrons. The fourth-order valence-corrected chi connectivity index (χ4v) is 4.16. The molecule has 8 nitrogen and oxygen atoms in total. The molecule has 0 radical (unpaired) electrons. The molecule has 2 rings (SSSR count). The number of nitrogens with one attached hydrogen (secondary N) is 1. The van der Waals surface area contributed by atoms with E-state index >= 15 is 0 Å². The Morgan fingerprint density at radius 2 is 1.96 bits per heavy atom. The molecule has 1 aliphatic heterocycles. The van der Waals surface area contributed by atoms with Gasteiger partial charge in [0.25, 0.3) is 5.91 Å². The van der Waals surface area contributed by atoms with Crippen LogP contribution < -0.4 is 5.32 Å². The molecule has 0 unspecified atom stereocenters. The lowest BCUT2D eigenvalue weighted by Crippen LogP contribution is -2.40. The number of hydrogen-bond donors (Lipinski definition) is 1. The molecule has 1 aliphatic rings. The number of amides is 1. The smallest absolute Gasteiger partial charge is 0.306 e. The lowest BCUT2D eigenvalue weighted by molar-refractivity contribution is -0.147. The maximum atomic E-state index is 12.8. The molecular formula is C17H24N2O6S. The highest BCUT2D eigenvalue weighted by atomic mass is 32.2. The van der Waals surface area contributed by atoms with Crippen LogP contribution in [0.25, 0.3) is 0 Å². The summed E-state index contributed by atoms with van der Waals surface area (Å²) in [6, 6.07) is 4.66. The van der Waals surface area contributed by atoms with E-state index in [1.54, 1.807) is 19.1 Å². The van der Waals surface area contributed by atoms with Crippen molar-refractivity contribution in [2.45, 2.75) is 31.6 Å². The number of ether oxygens (including phenoxy) is 2. The van der Waals surface area contributed by atoms with Crippen LogP contribution in [-0.2, 0) is 29.1 Å². The molecule has 0 aliphatic carbocycles. The Kier molecular flexibility index (Phi) is 7.13. The number of carbonyl (C=O) groups is 2. The molecule has 0 saturated carbocycles. The number of carbonyl (C=O) groups excluding carboxylic acids is 2. The van der Waals surface area contributed by atoms with Crippen molar-refractivity contribution in [2.24, 2.45) is 0 Å². The molecular weight excluding hydrogens is 360 g/mol. The number of aryl methyl sites for hydroxylation is 1. The summed E-state index contributed by atoms with van der Waals surface area (Å²) in [5, 5.41) is 2.56. The Hall–Kier alpha value is -1.97. The summed E-state index contributed by atoms with van der Waals surface area (Å²) in [6.07, 6.45) is 0.890. The molecule has 0 spiro atoms. The number of rotatable bonds is 7. The molecule has 0 atom stereocenters. The Bertz CT molecular complexity index is 757. The average Bonchev–Trinajstić information content (AvgIpc) is 2.62. The quantitative estimate of drug-likeness (QED) is 0.711. The molecule has 0 aromatic heterocycles. The van der Waals surface area contributed by atoms with E-state index in [4.69, 9.17) is 9.47 Å². The summed E-state index contributed by atoms with van der Waals surface area (Å²) in [5.41, 5.74) is 0.919. The summed E-state index contributed by atoms with van der Waals surface area (Å²) in [5.74, 6) is -0.963. The first-order valence-corrected chi connectivity index (χ1v) is 9.92. The second-order valence-corrected chi connectivity index (χ2v) is 7.86. The number of hydrogen-bond acceptors (Lipinski definition) is 6. The van der Waals surface area contributed by atoms with Crippen LogP contribution in [0.4, 0.5) is 5.69 Å². The summed E-state index contributed by atoms with van der Waals surface area (Å²) in [6.45, 7) is 4.45. The monoisotopic (exact) mass is 384 g/mol. The molecule has 26 heavy (non-hydrogen) atoms. The molecule has 1 amide bonds. The summed E-state index contributed by atoms with van der Waals surface area (Å²) in [4.78, 5) is 23.4. The van der Waals surface area contributed by atoms with Gasteiger partial charge in [0.1, 0.15) is 0 Å². The van der Waals surface area contributed by atoms with Crippen molar-refractivity contribution in [3.63, 3.8) is 0 Å². The lowest BCUT2D eigenvalue weighted by Gasteiger charge is -2.26. The second-order valence-electron chi connectivity index (χ2n) is 5.96. The number of morpholine rings is 1. The van der Waals surface area contributed by atoms with Crippen molar-refractivity contribution in [1.82, 2.24) is 4.31 Å². The van der Waals surface area contributed by atoms with E-state index in [1.165, 1.54) is 10.4 Å². The Morgan fingerprint density at radius 1 is 1.27 bits per heavy atom. The average molecular weight is 384 g/mol. The largest absolute Gasteiger partial charge is 0.456 e. The number of nitrogens with zero attached hydrogens (tertiary/aromatic N) is 1. The zero-order chi connectivity index (χ0) is 19.2. The first-order valence-electron chi connectivity index (χ1n) is 8.48. The molecule has 1 aromatic carbocycles. The first-order chi connectivity index (χ1) is 12.3. The highest BCUT2D eigenvalue weighted by Crippen LogP contribution is 2.24. The fourth-order valence-electron chi connectivity index (χ4n) is 2.50. The number of sulfonamides is 1. The highest BCUT2D eigenvalue weighted by molar-refractivity contribution is 7.89. The van der Waals surface area contributed by atoms with Crippen molar-refractivity contribution < 1.29 is 27.5 Å². The van der Waals surface area contributed by atoms with E-state index in [0.717, 1.165) is 0 Å². The molecule has 9 heteroatoms. The van der Waals surface area contributed by atoms with Crippen LogP contribution in [-0.4, -0.2) is 57.5 Å². The predicted molar refractivity (Wildman–Crippen MR) is 95.3 cm³/mol. The van der Waals surface area contributed by atoms with Crippen LogP contribution in [0.2, 0.25) is 0 Å². The highest BCUT2D eigenvalue weighted by Gasteiger charge is 2.28. The SMILES string of the molecule is CCCC(=O)OCC(=O)Nc1ccc(C)c(S(=O)(=O)N2CCOCC2)c1. The Balaban J connectivity index is 2.09. The van der Waals surface area contributed by atoms with E-state index in [-0.39, 0.29) is 11.3 Å². The Morgan fingerprint density at radius 3 is 2.62 bits per heavy atom. The van der Waals surface area contributed by atoms with Crippen molar-refractivity contribution in [3.05, 3.63) is 23.8 Å². The van der Waals surface area contributed by atoms with E-state index in [9.17, 15) is 18.0 Å². The van der Waals surface area contributed by atoms with Crippen molar-refractivity contribution in [1.29, 1.82) is 0 Å². The van der Waals surface area contributed by atoms with Gasteiger partial charge in [-0.05, 0) is 31.0 Å². The van der Waals surface area contributed by atoms with Crippen molar-refractivity contribution >= 4 is 27.6 Å². The topological polar surface area (TPSA) is 102 Å². The van der Waals surface area contributed by atoms with Gasteiger partial charge in [-0.25, -0.2) is 8.42 Å². The summed E-state index contributed by atoms with van der Waals surface area (Å²) in [7, 11) is -3.67. The standard InChI is InChI=1S/C17H24N2O6S/c1-3-4-17(21)25-12-16(20)18-14-6-5-13(2)15(11-14)26(22,23)19-7-9-24-10-8-19/h5-6,11H,3-4,7-10,12H2,1-2H3,(H,18,20). The molecule has 1 aromatic rings. The molecule has 1 fully saturated rings. The maximum absolute atomic E-state index is 12.8. The van der Waals surface area contributed by atoms with Gasteiger partial charge < -0.3 is 14.8 Å². The van der Waals surface area contributed by atoms with E-state index in [2.05, 4.69) is 5.32 Å². The van der Waals surface area contributed by atoms with Crippen LogP contribution >= 0.6 is 0 Å². The third-order valence-electron chi connectivity index (χ3n) is 3.88. The van der Waals surface area contributed by atoms with E-state index in [0.29, 0.717) is 44.0 Å². The second kappa shape index (κ2) is 9.11. The van der Waals surface area contributed by atoms with Gasteiger partial charge in [0.05, 0.1) is 18.1 Å². The molecule has 0 bridgehead atoms. The van der Waals surface area contributed by atoms with Gasteiger partial charge in [0.2, 0.25) is 10.0 Å². The van der Waals surface area contributed by atoms with Crippen LogP contribution in [0.5, 0.6) is 0 Å². The van der Waals surface area contributed by atoms with E-state index < -0.39 is 28.5 Å². The van der Waals surface area contributed by atoms with Crippen LogP contribution in [0.3, 0.4) is 0 Å². The van der Waals surface area contributed by atoms with Crippen molar-refractivity contribution in [2.75, 3.05) is 38.2 Å². The minimum atomic E-state index is -3.67. The van der Waals surface area contributed by atoms with Gasteiger partial charge in [0.15, 0.2) is 6.61 Å². The van der Waals surface area contributed by atoms with Gasteiger partial charge in [0, 0.05) is 25.2 Å². The predicted octanol–water partition coefficient (Wildman–Crippen LogP) is 1.30. The fraction of sp³-hybridized carbons (Fsp3) is 0.529. The number of benzene rings is 1. The number of anilines is 1. The van der Waals surface area contributed by atoms with Gasteiger partial charge in [-0.2, -0.15) is 4.31 Å². The minimum Gasteiger partial charge on any atom is -0.456 e. The molecule has 1 saturated heterocycles. The zero-order valence-electron chi connectivity index (χ0n) is 15.0. The van der Waals surface area contributed by atoms with Gasteiger partial charge in [-0.15, -0.1) is 0 Å². The van der Waals surface area contributed by atoms with Crippen LogP contribution in [0, 0.1) is 6.92 Å². The minimum absolute atomic E-state index is 0.139. The molecule has 1 heterocycles. The van der Waals surface area contributed by atoms with Gasteiger partial charge in [-0.3, -0.25) is 9.59 Å².